The monoisotopic (exact) mass is 480 g/mol. The molecule has 0 aromatic heterocycles. The molecule has 0 aliphatic rings. The first-order valence-electron chi connectivity index (χ1n) is 11.0. The average Bonchev–Trinajstić information content (AvgIpc) is 2.93. The van der Waals surface area contributed by atoms with Crippen LogP contribution in [-0.2, 0) is 0 Å². The van der Waals surface area contributed by atoms with Crippen LogP contribution in [0, 0.1) is 0 Å². The number of rotatable bonds is 6. The Kier molecular flexibility index (Phi) is 6.53. The van der Waals surface area contributed by atoms with Crippen LogP contribution in [0.3, 0.4) is 0 Å². The van der Waals surface area contributed by atoms with Crippen LogP contribution in [0.5, 0.6) is 0 Å². The molecule has 0 atom stereocenters. The fourth-order valence-electron chi connectivity index (χ4n) is 3.95. The average molecular weight is 481 g/mol. The molecule has 0 radical (unpaired) electrons. The lowest BCUT2D eigenvalue weighted by Gasteiger charge is -2.20. The normalized spacial score (nSPS) is 10.6. The van der Waals surface area contributed by atoms with Crippen molar-refractivity contribution in [1.82, 2.24) is 0 Å². The molecule has 4 heteroatoms. The standard InChI is InChI=1S/C30H22Cl2N2/c31-33(25-12-6-2-7-13-25)27-18-16-24(17-19-27)29-21-20-28(34(32)26-14-8-3-9-15-26)22-30(29)23-10-4-1-5-11-23/h1-22H. The molecule has 0 amide bonds. The minimum absolute atomic E-state index is 0.906. The molecule has 0 bridgehead atoms. The summed E-state index contributed by atoms with van der Waals surface area (Å²) >= 11 is 13.3. The first-order valence-corrected chi connectivity index (χ1v) is 11.7. The first-order chi connectivity index (χ1) is 16.7. The van der Waals surface area contributed by atoms with Gasteiger partial charge in [-0.1, -0.05) is 84.9 Å². The summed E-state index contributed by atoms with van der Waals surface area (Å²) in [5.74, 6) is 0. The molecule has 0 unspecified atom stereocenters. The van der Waals surface area contributed by atoms with Crippen LogP contribution in [0.2, 0.25) is 0 Å². The maximum Gasteiger partial charge on any atom is 0.0588 e. The largest absolute Gasteiger partial charge is 0.254 e. The van der Waals surface area contributed by atoms with E-state index < -0.39 is 0 Å². The highest BCUT2D eigenvalue weighted by molar-refractivity contribution is 6.30. The summed E-state index contributed by atoms with van der Waals surface area (Å²) in [6, 6.07) is 44.8. The van der Waals surface area contributed by atoms with E-state index in [1.807, 2.05) is 84.9 Å². The van der Waals surface area contributed by atoms with Crippen LogP contribution in [0.25, 0.3) is 22.3 Å². The lowest BCUT2D eigenvalue weighted by atomic mass is 9.94. The molecule has 5 rings (SSSR count). The van der Waals surface area contributed by atoms with Crippen LogP contribution in [0.1, 0.15) is 0 Å². The first kappa shape index (κ1) is 22.1. The highest BCUT2D eigenvalue weighted by Gasteiger charge is 2.14. The Balaban J connectivity index is 1.53. The van der Waals surface area contributed by atoms with Crippen molar-refractivity contribution in [3.63, 3.8) is 0 Å². The predicted molar refractivity (Wildman–Crippen MR) is 146 cm³/mol. The summed E-state index contributed by atoms with van der Waals surface area (Å²) in [7, 11) is 0. The smallest absolute Gasteiger partial charge is 0.0588 e. The predicted octanol–water partition coefficient (Wildman–Crippen LogP) is 9.60. The van der Waals surface area contributed by atoms with Crippen molar-refractivity contribution in [2.75, 3.05) is 8.84 Å². The number of hydrogen-bond acceptors (Lipinski definition) is 2. The highest BCUT2D eigenvalue weighted by atomic mass is 35.5. The molecule has 166 valence electrons. The summed E-state index contributed by atoms with van der Waals surface area (Å²) in [4.78, 5) is 0. The summed E-state index contributed by atoms with van der Waals surface area (Å²) in [5.41, 5.74) is 8.13. The lowest BCUT2D eigenvalue weighted by Crippen LogP contribution is -2.02. The Morgan fingerprint density at radius 2 is 0.765 bits per heavy atom. The van der Waals surface area contributed by atoms with E-state index in [0.29, 0.717) is 0 Å². The third kappa shape index (κ3) is 4.65. The molecule has 2 nitrogen and oxygen atoms in total. The van der Waals surface area contributed by atoms with Gasteiger partial charge in [-0.2, -0.15) is 0 Å². The van der Waals surface area contributed by atoms with Gasteiger partial charge in [0.1, 0.15) is 0 Å². The molecular formula is C30H22Cl2N2. The number of nitrogens with zero attached hydrogens (tertiary/aromatic N) is 2. The van der Waals surface area contributed by atoms with Crippen molar-refractivity contribution in [1.29, 1.82) is 0 Å². The SMILES string of the molecule is ClN(c1ccccc1)c1ccc(-c2ccc(N(Cl)c3ccccc3)cc2-c2ccccc2)cc1. The van der Waals surface area contributed by atoms with E-state index >= 15 is 0 Å². The molecule has 5 aromatic rings. The van der Waals surface area contributed by atoms with Crippen LogP contribution in [-0.4, -0.2) is 0 Å². The van der Waals surface area contributed by atoms with Crippen molar-refractivity contribution in [3.8, 4) is 22.3 Å². The summed E-state index contributed by atoms with van der Waals surface area (Å²) in [5, 5.41) is 0. The van der Waals surface area contributed by atoms with Gasteiger partial charge in [0.15, 0.2) is 0 Å². The molecule has 0 saturated heterocycles. The summed E-state index contributed by atoms with van der Waals surface area (Å²) in [6.45, 7) is 0. The van der Waals surface area contributed by atoms with E-state index in [2.05, 4.69) is 48.5 Å². The fourth-order valence-corrected chi connectivity index (χ4v) is 4.39. The van der Waals surface area contributed by atoms with E-state index in [4.69, 9.17) is 23.6 Å². The molecule has 34 heavy (non-hydrogen) atoms. The van der Waals surface area contributed by atoms with Gasteiger partial charge >= 0.3 is 0 Å². The van der Waals surface area contributed by atoms with Crippen LogP contribution < -0.4 is 8.84 Å². The van der Waals surface area contributed by atoms with Gasteiger partial charge in [-0.05, 0) is 70.8 Å². The molecule has 0 aliphatic carbocycles. The molecule has 0 heterocycles. The van der Waals surface area contributed by atoms with Crippen molar-refractivity contribution < 1.29 is 0 Å². The van der Waals surface area contributed by atoms with Crippen LogP contribution in [0.4, 0.5) is 22.7 Å². The maximum atomic E-state index is 6.72. The van der Waals surface area contributed by atoms with Crippen molar-refractivity contribution in [3.05, 3.63) is 133 Å². The van der Waals surface area contributed by atoms with Gasteiger partial charge in [-0.15, -0.1) is 0 Å². The zero-order valence-electron chi connectivity index (χ0n) is 18.4. The number of halogens is 2. The second-order valence-corrected chi connectivity index (χ2v) is 8.55. The van der Waals surface area contributed by atoms with Crippen LogP contribution >= 0.6 is 23.6 Å². The second kappa shape index (κ2) is 10.0. The van der Waals surface area contributed by atoms with E-state index in [1.165, 1.54) is 0 Å². The molecule has 0 N–H and O–H groups in total. The third-order valence-electron chi connectivity index (χ3n) is 5.69. The van der Waals surface area contributed by atoms with E-state index in [9.17, 15) is 0 Å². The maximum absolute atomic E-state index is 6.72. The van der Waals surface area contributed by atoms with Crippen molar-refractivity contribution >= 4 is 46.3 Å². The van der Waals surface area contributed by atoms with Crippen molar-refractivity contribution in [2.45, 2.75) is 0 Å². The zero-order valence-corrected chi connectivity index (χ0v) is 19.9. The second-order valence-electron chi connectivity index (χ2n) is 7.88. The molecule has 0 aliphatic heterocycles. The Hall–Kier alpha value is -3.72. The van der Waals surface area contributed by atoms with Gasteiger partial charge in [0.25, 0.3) is 0 Å². The van der Waals surface area contributed by atoms with Crippen molar-refractivity contribution in [2.24, 2.45) is 0 Å². The highest BCUT2D eigenvalue weighted by Crippen LogP contribution is 2.39. The minimum Gasteiger partial charge on any atom is -0.254 e. The number of para-hydroxylation sites is 2. The Bertz CT molecular complexity index is 1360. The van der Waals surface area contributed by atoms with E-state index in [1.54, 1.807) is 8.84 Å². The van der Waals surface area contributed by atoms with E-state index in [0.717, 1.165) is 45.0 Å². The fraction of sp³-hybridized carbons (Fsp3) is 0. The van der Waals surface area contributed by atoms with Gasteiger partial charge in [0.05, 0.1) is 22.7 Å². The zero-order chi connectivity index (χ0) is 23.3. The minimum atomic E-state index is 0.906. The van der Waals surface area contributed by atoms with Crippen LogP contribution in [0.15, 0.2) is 133 Å². The third-order valence-corrected chi connectivity index (χ3v) is 6.47. The Morgan fingerprint density at radius 1 is 0.353 bits per heavy atom. The van der Waals surface area contributed by atoms with Gasteiger partial charge < -0.3 is 0 Å². The van der Waals surface area contributed by atoms with Gasteiger partial charge in [-0.3, -0.25) is 8.84 Å². The summed E-state index contributed by atoms with van der Waals surface area (Å²) < 4.78 is 3.35. The molecule has 0 spiro atoms. The molecule has 5 aromatic carbocycles. The summed E-state index contributed by atoms with van der Waals surface area (Å²) in [6.07, 6.45) is 0. The Labute approximate surface area is 210 Å². The van der Waals surface area contributed by atoms with Gasteiger partial charge in [-0.25, -0.2) is 0 Å². The molecule has 0 saturated carbocycles. The van der Waals surface area contributed by atoms with E-state index in [-0.39, 0.29) is 0 Å². The molecule has 0 fully saturated rings. The number of benzene rings is 5. The number of hydrogen-bond donors (Lipinski definition) is 0. The van der Waals surface area contributed by atoms with Gasteiger partial charge in [0, 0.05) is 23.6 Å². The van der Waals surface area contributed by atoms with Gasteiger partial charge in [0.2, 0.25) is 0 Å². The quantitative estimate of drug-likeness (QED) is 0.223. The number of anilines is 4. The molecular weight excluding hydrogens is 459 g/mol. The Morgan fingerprint density at radius 3 is 1.32 bits per heavy atom. The lowest BCUT2D eigenvalue weighted by molar-refractivity contribution is 1.40. The topological polar surface area (TPSA) is 6.48 Å².